The van der Waals surface area contributed by atoms with Crippen LogP contribution < -0.4 is 14.8 Å². The normalized spacial score (nSPS) is 11.1. The monoisotopic (exact) mass is 556 g/mol. The molecule has 1 N–H and O–H groups in total. The zero-order valence-electron chi connectivity index (χ0n) is 21.3. The Bertz CT molecular complexity index is 1600. The van der Waals surface area contributed by atoms with Gasteiger partial charge in [0.15, 0.2) is 11.5 Å². The van der Waals surface area contributed by atoms with Crippen LogP contribution in [0.25, 0.3) is 16.8 Å². The maximum absolute atomic E-state index is 12.9. The average Bonchev–Trinajstić information content (AvgIpc) is 2.94. The van der Waals surface area contributed by atoms with E-state index in [9.17, 15) is 10.1 Å². The van der Waals surface area contributed by atoms with Gasteiger partial charge in [0.05, 0.1) is 22.3 Å². The summed E-state index contributed by atoms with van der Waals surface area (Å²) < 4.78 is 12.3. The summed E-state index contributed by atoms with van der Waals surface area (Å²) >= 11 is 12.2. The molecule has 0 atom stereocenters. The van der Waals surface area contributed by atoms with E-state index in [1.807, 2.05) is 43.3 Å². The number of halogens is 2. The number of allylic oxidation sites excluding steroid dienone is 1. The molecule has 7 heteroatoms. The zero-order valence-corrected chi connectivity index (χ0v) is 22.9. The molecule has 0 heterocycles. The Hall–Kier alpha value is -4.24. The Labute approximate surface area is 237 Å². The number of rotatable bonds is 10. The van der Waals surface area contributed by atoms with Crippen LogP contribution in [0.5, 0.6) is 11.5 Å². The predicted molar refractivity (Wildman–Crippen MR) is 158 cm³/mol. The minimum Gasteiger partial charge on any atom is -0.490 e. The van der Waals surface area contributed by atoms with Gasteiger partial charge in [-0.15, -0.1) is 6.58 Å². The highest BCUT2D eigenvalue weighted by molar-refractivity contribution is 6.44. The largest absolute Gasteiger partial charge is 0.490 e. The molecule has 4 aromatic rings. The first kappa shape index (κ1) is 27.8. The predicted octanol–water partition coefficient (Wildman–Crippen LogP) is 8.40. The van der Waals surface area contributed by atoms with Gasteiger partial charge in [-0.25, -0.2) is 0 Å². The molecule has 196 valence electrons. The van der Waals surface area contributed by atoms with E-state index in [1.165, 1.54) is 6.08 Å². The Balaban J connectivity index is 1.67. The van der Waals surface area contributed by atoms with E-state index < -0.39 is 5.91 Å². The fourth-order valence-electron chi connectivity index (χ4n) is 4.17. The van der Waals surface area contributed by atoms with Gasteiger partial charge in [-0.1, -0.05) is 77.8 Å². The van der Waals surface area contributed by atoms with Gasteiger partial charge >= 0.3 is 0 Å². The van der Waals surface area contributed by atoms with Crippen molar-refractivity contribution in [3.8, 4) is 17.6 Å². The summed E-state index contributed by atoms with van der Waals surface area (Å²) in [6.07, 6.45) is 3.76. The van der Waals surface area contributed by atoms with Crippen molar-refractivity contribution in [2.75, 3.05) is 11.9 Å². The Morgan fingerprint density at radius 1 is 1.03 bits per heavy atom. The zero-order chi connectivity index (χ0) is 27.8. The molecule has 0 aliphatic rings. The molecule has 0 saturated carbocycles. The highest BCUT2D eigenvalue weighted by atomic mass is 35.5. The van der Waals surface area contributed by atoms with Gasteiger partial charge in [0.1, 0.15) is 18.2 Å². The Kier molecular flexibility index (Phi) is 9.27. The number of anilines is 1. The van der Waals surface area contributed by atoms with Crippen molar-refractivity contribution < 1.29 is 14.3 Å². The van der Waals surface area contributed by atoms with Crippen molar-refractivity contribution in [3.63, 3.8) is 0 Å². The van der Waals surface area contributed by atoms with Gasteiger partial charge in [0.25, 0.3) is 5.91 Å². The molecule has 0 unspecified atom stereocenters. The SMILES string of the molecule is C=CCc1cc(/C=C(/C#N)C(=O)Nc2cccc(Cl)c2Cl)cc(OCC)c1OCc1cccc2ccccc12. The molecule has 0 aliphatic heterocycles. The van der Waals surface area contributed by atoms with Crippen LogP contribution in [0.4, 0.5) is 5.69 Å². The molecule has 0 fully saturated rings. The molecule has 39 heavy (non-hydrogen) atoms. The number of nitriles is 1. The lowest BCUT2D eigenvalue weighted by atomic mass is 10.0. The van der Waals surface area contributed by atoms with Crippen molar-refractivity contribution >= 4 is 51.6 Å². The van der Waals surface area contributed by atoms with E-state index in [1.54, 1.807) is 30.3 Å². The second-order valence-corrected chi connectivity index (χ2v) is 9.37. The van der Waals surface area contributed by atoms with Crippen molar-refractivity contribution in [2.24, 2.45) is 0 Å². The van der Waals surface area contributed by atoms with Crippen LogP contribution in [0.1, 0.15) is 23.6 Å². The van der Waals surface area contributed by atoms with E-state index in [4.69, 9.17) is 32.7 Å². The van der Waals surface area contributed by atoms with E-state index in [2.05, 4.69) is 30.1 Å². The lowest BCUT2D eigenvalue weighted by Crippen LogP contribution is -2.14. The third kappa shape index (κ3) is 6.61. The molecule has 0 aromatic heterocycles. The van der Waals surface area contributed by atoms with Crippen LogP contribution in [-0.2, 0) is 17.8 Å². The number of ether oxygens (including phenoxy) is 2. The van der Waals surface area contributed by atoms with Crippen molar-refractivity contribution in [1.29, 1.82) is 5.26 Å². The third-order valence-corrected chi connectivity index (χ3v) is 6.76. The molecule has 0 saturated heterocycles. The molecule has 1 amide bonds. The summed E-state index contributed by atoms with van der Waals surface area (Å²) in [6.45, 7) is 6.51. The standard InChI is InChI=1S/C32H26Cl2N2O3/c1-3-9-23-16-21(17-25(19-35)32(37)36-28-15-8-14-27(33)30(28)34)18-29(38-4-2)31(23)39-20-24-12-7-11-22-10-5-6-13-26(22)24/h3,5-8,10-18H,1,4,9,20H2,2H3,(H,36,37)/b25-17-. The Morgan fingerprint density at radius 3 is 2.56 bits per heavy atom. The highest BCUT2D eigenvalue weighted by Gasteiger charge is 2.17. The lowest BCUT2D eigenvalue weighted by Gasteiger charge is -2.17. The molecule has 4 rings (SSSR count). The van der Waals surface area contributed by atoms with E-state index >= 15 is 0 Å². The number of benzene rings is 4. The third-order valence-electron chi connectivity index (χ3n) is 5.95. The van der Waals surface area contributed by atoms with Crippen LogP contribution in [0, 0.1) is 11.3 Å². The summed E-state index contributed by atoms with van der Waals surface area (Å²) in [6, 6.07) is 24.7. The van der Waals surface area contributed by atoms with Crippen LogP contribution in [-0.4, -0.2) is 12.5 Å². The highest BCUT2D eigenvalue weighted by Crippen LogP contribution is 2.36. The van der Waals surface area contributed by atoms with Crippen LogP contribution in [0.15, 0.2) is 91.0 Å². The number of amides is 1. The Morgan fingerprint density at radius 2 is 1.79 bits per heavy atom. The molecule has 0 radical (unpaired) electrons. The molecule has 0 aliphatic carbocycles. The lowest BCUT2D eigenvalue weighted by molar-refractivity contribution is -0.112. The minimum absolute atomic E-state index is 0.109. The quantitative estimate of drug-likeness (QED) is 0.121. The van der Waals surface area contributed by atoms with Crippen LogP contribution in [0.2, 0.25) is 10.0 Å². The van der Waals surface area contributed by atoms with E-state index in [-0.39, 0.29) is 10.6 Å². The second-order valence-electron chi connectivity index (χ2n) is 8.59. The first-order valence-electron chi connectivity index (χ1n) is 12.3. The fourth-order valence-corrected chi connectivity index (χ4v) is 4.52. The fraction of sp³-hybridized carbons (Fsp3) is 0.125. The number of nitrogens with one attached hydrogen (secondary N) is 1. The maximum Gasteiger partial charge on any atom is 0.266 e. The van der Waals surface area contributed by atoms with Gasteiger partial charge < -0.3 is 14.8 Å². The summed E-state index contributed by atoms with van der Waals surface area (Å²) in [5.74, 6) is 0.496. The van der Waals surface area contributed by atoms with E-state index in [0.29, 0.717) is 47.4 Å². The molecule has 0 spiro atoms. The topological polar surface area (TPSA) is 71.4 Å². The van der Waals surface area contributed by atoms with Crippen LogP contribution >= 0.6 is 23.2 Å². The molecular weight excluding hydrogens is 531 g/mol. The smallest absolute Gasteiger partial charge is 0.266 e. The minimum atomic E-state index is -0.610. The molecular formula is C32H26Cl2N2O3. The maximum atomic E-state index is 12.9. The average molecular weight is 557 g/mol. The van der Waals surface area contributed by atoms with Crippen molar-refractivity contribution in [2.45, 2.75) is 20.0 Å². The second kappa shape index (κ2) is 13.0. The summed E-state index contributed by atoms with van der Waals surface area (Å²) in [5, 5.41) is 15.1. The number of fused-ring (bicyclic) bond motifs is 1. The summed E-state index contributed by atoms with van der Waals surface area (Å²) in [7, 11) is 0. The van der Waals surface area contributed by atoms with Gasteiger partial charge in [-0.3, -0.25) is 4.79 Å². The van der Waals surface area contributed by atoms with Gasteiger partial charge in [0.2, 0.25) is 0 Å². The number of carbonyl (C=O) groups is 1. The summed E-state index contributed by atoms with van der Waals surface area (Å²) in [4.78, 5) is 12.9. The number of nitrogens with zero attached hydrogens (tertiary/aromatic N) is 1. The molecule has 0 bridgehead atoms. The molecule has 5 nitrogen and oxygen atoms in total. The first-order chi connectivity index (χ1) is 18.9. The summed E-state index contributed by atoms with van der Waals surface area (Å²) in [5.41, 5.74) is 2.68. The van der Waals surface area contributed by atoms with Crippen molar-refractivity contribution in [1.82, 2.24) is 0 Å². The van der Waals surface area contributed by atoms with Gasteiger partial charge in [-0.2, -0.15) is 5.26 Å². The number of carbonyl (C=O) groups excluding carboxylic acids is 1. The van der Waals surface area contributed by atoms with Crippen molar-refractivity contribution in [3.05, 3.63) is 118 Å². The first-order valence-corrected chi connectivity index (χ1v) is 13.1. The van der Waals surface area contributed by atoms with Gasteiger partial charge in [0, 0.05) is 5.56 Å². The number of hydrogen-bond acceptors (Lipinski definition) is 4. The van der Waals surface area contributed by atoms with Crippen LogP contribution in [0.3, 0.4) is 0 Å². The van der Waals surface area contributed by atoms with Gasteiger partial charge in [-0.05, 0) is 65.6 Å². The molecule has 4 aromatic carbocycles. The number of hydrogen-bond donors (Lipinski definition) is 1. The van der Waals surface area contributed by atoms with E-state index in [0.717, 1.165) is 21.9 Å².